The van der Waals surface area contributed by atoms with Crippen LogP contribution in [0.2, 0.25) is 0 Å². The molecule has 1 aromatic heterocycles. The van der Waals surface area contributed by atoms with E-state index in [0.29, 0.717) is 5.82 Å². The van der Waals surface area contributed by atoms with Crippen molar-refractivity contribution in [2.75, 3.05) is 32.8 Å². The SMILES string of the molecule is [C-]#[N+]c1cccc(CCC2(N3CCN(Cc4ccccc4)CC3)CCOC(C)(C)C2)n1. The number of nitrogens with zero attached hydrogens (tertiary/aromatic N) is 4. The van der Waals surface area contributed by atoms with E-state index >= 15 is 0 Å². The number of hydrogen-bond donors (Lipinski definition) is 0. The Hall–Kier alpha value is -2.26. The van der Waals surface area contributed by atoms with Gasteiger partial charge >= 0.3 is 0 Å². The maximum absolute atomic E-state index is 7.25. The maximum Gasteiger partial charge on any atom is 0.269 e. The van der Waals surface area contributed by atoms with Gasteiger partial charge in [-0.2, -0.15) is 0 Å². The molecule has 1 atom stereocenters. The number of piperazine rings is 1. The van der Waals surface area contributed by atoms with E-state index in [9.17, 15) is 0 Å². The number of hydrogen-bond acceptors (Lipinski definition) is 4. The van der Waals surface area contributed by atoms with Crippen molar-refractivity contribution in [2.45, 2.75) is 57.2 Å². The molecule has 4 rings (SSSR count). The lowest BCUT2D eigenvalue weighted by Gasteiger charge is -2.53. The first-order chi connectivity index (χ1) is 15.0. The molecule has 2 aromatic rings. The van der Waals surface area contributed by atoms with Gasteiger partial charge < -0.3 is 9.58 Å². The molecule has 164 valence electrons. The van der Waals surface area contributed by atoms with Gasteiger partial charge in [-0.25, -0.2) is 0 Å². The van der Waals surface area contributed by atoms with Gasteiger partial charge in [-0.1, -0.05) is 43.0 Å². The summed E-state index contributed by atoms with van der Waals surface area (Å²) in [5.74, 6) is 0.494. The second-order valence-electron chi connectivity index (χ2n) is 9.61. The molecule has 0 radical (unpaired) electrons. The van der Waals surface area contributed by atoms with Crippen molar-refractivity contribution < 1.29 is 4.74 Å². The van der Waals surface area contributed by atoms with E-state index in [1.807, 2.05) is 6.07 Å². The molecule has 0 amide bonds. The molecule has 0 N–H and O–H groups in total. The summed E-state index contributed by atoms with van der Waals surface area (Å²) < 4.78 is 6.11. The van der Waals surface area contributed by atoms with Crippen molar-refractivity contribution in [1.29, 1.82) is 0 Å². The van der Waals surface area contributed by atoms with E-state index in [4.69, 9.17) is 11.3 Å². The van der Waals surface area contributed by atoms with Gasteiger partial charge in [0.25, 0.3) is 5.82 Å². The molecular weight excluding hydrogens is 384 g/mol. The Morgan fingerprint density at radius 2 is 1.81 bits per heavy atom. The molecule has 0 bridgehead atoms. The van der Waals surface area contributed by atoms with Crippen molar-refractivity contribution >= 4 is 5.82 Å². The molecule has 2 fully saturated rings. The van der Waals surface area contributed by atoms with Gasteiger partial charge in [0.2, 0.25) is 0 Å². The number of rotatable bonds is 6. The minimum Gasteiger partial charge on any atom is -0.375 e. The van der Waals surface area contributed by atoms with Crippen LogP contribution in [-0.4, -0.2) is 58.7 Å². The fourth-order valence-electron chi connectivity index (χ4n) is 5.34. The monoisotopic (exact) mass is 418 g/mol. The number of pyridine rings is 1. The Morgan fingerprint density at radius 1 is 1.03 bits per heavy atom. The second kappa shape index (κ2) is 9.48. The van der Waals surface area contributed by atoms with E-state index in [1.165, 1.54) is 5.56 Å². The lowest BCUT2D eigenvalue weighted by molar-refractivity contribution is -0.130. The van der Waals surface area contributed by atoms with Crippen molar-refractivity contribution in [1.82, 2.24) is 14.8 Å². The Bertz CT molecular complexity index is 899. The number of aryl methyl sites for hydroxylation is 1. The van der Waals surface area contributed by atoms with Crippen LogP contribution in [0.1, 0.15) is 44.4 Å². The Morgan fingerprint density at radius 3 is 2.52 bits per heavy atom. The van der Waals surface area contributed by atoms with Gasteiger partial charge in [0.05, 0.1) is 5.60 Å². The van der Waals surface area contributed by atoms with E-state index in [2.05, 4.69) is 69.9 Å². The Balaban J connectivity index is 1.44. The normalized spacial score (nSPS) is 24.5. The van der Waals surface area contributed by atoms with E-state index < -0.39 is 0 Å². The molecule has 1 unspecified atom stereocenters. The van der Waals surface area contributed by atoms with E-state index in [-0.39, 0.29) is 11.1 Å². The third kappa shape index (κ3) is 5.51. The zero-order valence-corrected chi connectivity index (χ0v) is 18.9. The summed E-state index contributed by atoms with van der Waals surface area (Å²) in [5.41, 5.74) is 2.45. The third-order valence-corrected chi connectivity index (χ3v) is 6.86. The van der Waals surface area contributed by atoms with Crippen LogP contribution in [0.3, 0.4) is 0 Å². The zero-order valence-electron chi connectivity index (χ0n) is 18.9. The van der Waals surface area contributed by atoms with Crippen molar-refractivity contribution in [3.05, 3.63) is 71.2 Å². The highest BCUT2D eigenvalue weighted by Crippen LogP contribution is 2.40. The molecule has 31 heavy (non-hydrogen) atoms. The van der Waals surface area contributed by atoms with Crippen LogP contribution in [0.4, 0.5) is 5.82 Å². The summed E-state index contributed by atoms with van der Waals surface area (Å²) in [6.45, 7) is 17.9. The predicted octanol–water partition coefficient (Wildman–Crippen LogP) is 4.71. The minimum atomic E-state index is -0.106. The first kappa shape index (κ1) is 22.0. The highest BCUT2D eigenvalue weighted by Gasteiger charge is 2.45. The average Bonchev–Trinajstić information content (AvgIpc) is 2.78. The van der Waals surface area contributed by atoms with E-state index in [0.717, 1.165) is 70.7 Å². The Kier molecular flexibility index (Phi) is 6.71. The molecule has 2 aliphatic heterocycles. The molecule has 0 saturated carbocycles. The molecule has 3 heterocycles. The fourth-order valence-corrected chi connectivity index (χ4v) is 5.34. The maximum atomic E-state index is 7.25. The molecule has 5 heteroatoms. The number of aromatic nitrogens is 1. The summed E-state index contributed by atoms with van der Waals surface area (Å²) in [5, 5.41) is 0. The van der Waals surface area contributed by atoms with Crippen LogP contribution in [0.25, 0.3) is 4.85 Å². The summed E-state index contributed by atoms with van der Waals surface area (Å²) in [6.07, 6.45) is 4.08. The average molecular weight is 419 g/mol. The van der Waals surface area contributed by atoms with Crippen LogP contribution in [-0.2, 0) is 17.7 Å². The van der Waals surface area contributed by atoms with Gasteiger partial charge in [0, 0.05) is 51.3 Å². The summed E-state index contributed by atoms with van der Waals surface area (Å²) in [4.78, 5) is 13.3. The molecule has 2 aliphatic rings. The van der Waals surface area contributed by atoms with Crippen LogP contribution in [0.15, 0.2) is 48.5 Å². The first-order valence-electron chi connectivity index (χ1n) is 11.5. The minimum absolute atomic E-state index is 0.106. The quantitative estimate of drug-likeness (QED) is 0.636. The first-order valence-corrected chi connectivity index (χ1v) is 11.5. The highest BCUT2D eigenvalue weighted by atomic mass is 16.5. The smallest absolute Gasteiger partial charge is 0.269 e. The van der Waals surface area contributed by atoms with Gasteiger partial charge in [0.15, 0.2) is 0 Å². The summed E-state index contributed by atoms with van der Waals surface area (Å²) in [7, 11) is 0. The van der Waals surface area contributed by atoms with Crippen LogP contribution in [0, 0.1) is 6.57 Å². The van der Waals surface area contributed by atoms with Gasteiger partial charge in [-0.15, -0.1) is 4.98 Å². The zero-order chi connectivity index (χ0) is 21.7. The number of benzene rings is 1. The van der Waals surface area contributed by atoms with Crippen molar-refractivity contribution in [3.8, 4) is 0 Å². The standard InChI is InChI=1S/C26H34N4O/c1-25(2)21-26(14-19-31-25,13-12-23-10-7-11-24(27-3)28-23)30-17-15-29(16-18-30)20-22-8-5-4-6-9-22/h4-11H,12-21H2,1-2H3. The van der Waals surface area contributed by atoms with E-state index in [1.54, 1.807) is 6.07 Å². The second-order valence-corrected chi connectivity index (χ2v) is 9.61. The van der Waals surface area contributed by atoms with Gasteiger partial charge in [-0.3, -0.25) is 9.80 Å². The van der Waals surface area contributed by atoms with Crippen LogP contribution in [0.5, 0.6) is 0 Å². The van der Waals surface area contributed by atoms with Crippen LogP contribution >= 0.6 is 0 Å². The van der Waals surface area contributed by atoms with Crippen LogP contribution < -0.4 is 0 Å². The lowest BCUT2D eigenvalue weighted by atomic mass is 9.76. The molecule has 5 nitrogen and oxygen atoms in total. The lowest BCUT2D eigenvalue weighted by Crippen LogP contribution is -2.61. The van der Waals surface area contributed by atoms with Crippen molar-refractivity contribution in [2.24, 2.45) is 0 Å². The topological polar surface area (TPSA) is 33.0 Å². The van der Waals surface area contributed by atoms with Gasteiger partial charge in [0.1, 0.15) is 5.69 Å². The largest absolute Gasteiger partial charge is 0.375 e. The highest BCUT2D eigenvalue weighted by molar-refractivity contribution is 5.36. The predicted molar refractivity (Wildman–Crippen MR) is 124 cm³/mol. The number of ether oxygens (including phenoxy) is 1. The molecule has 2 saturated heterocycles. The van der Waals surface area contributed by atoms with Crippen molar-refractivity contribution in [3.63, 3.8) is 0 Å². The summed E-state index contributed by atoms with van der Waals surface area (Å²) >= 11 is 0. The third-order valence-electron chi connectivity index (χ3n) is 6.86. The van der Waals surface area contributed by atoms with Gasteiger partial charge in [-0.05, 0) is 50.8 Å². The molecule has 0 spiro atoms. The molecular formula is C26H34N4O. The summed E-state index contributed by atoms with van der Waals surface area (Å²) in [6, 6.07) is 16.6. The fraction of sp³-hybridized carbons (Fsp3) is 0.538. The molecule has 0 aliphatic carbocycles. The Labute approximate surface area is 186 Å². The molecule has 1 aromatic carbocycles.